The molecular weight excluding hydrogens is 549 g/mol. The van der Waals surface area contributed by atoms with Crippen LogP contribution in [-0.2, 0) is 25.7 Å². The highest BCUT2D eigenvalue weighted by Crippen LogP contribution is 2.26. The number of ether oxygens (including phenoxy) is 2. The molecule has 3 nitrogen and oxygen atoms in total. The van der Waals surface area contributed by atoms with Crippen LogP contribution in [0.2, 0.25) is 0 Å². The molecule has 1 heterocycles. The minimum absolute atomic E-state index is 0.315. The number of aryl methyl sites for hydroxylation is 4. The fourth-order valence-electron chi connectivity index (χ4n) is 4.80. The number of nitrogens with zero attached hydrogens (tertiary/aromatic N) is 1. The number of hydrogen-bond donors (Lipinski definition) is 0. The van der Waals surface area contributed by atoms with Gasteiger partial charge in [0.2, 0.25) is 0 Å². The molecule has 0 radical (unpaired) electrons. The van der Waals surface area contributed by atoms with Gasteiger partial charge in [0.15, 0.2) is 18.2 Å². The molecule has 42 heavy (non-hydrogen) atoms. The maximum atomic E-state index is 15.3. The number of unbranched alkanes of at least 4 members (excludes halogenated alkanes) is 4. The first-order valence-electron chi connectivity index (χ1n) is 14.5. The number of rotatable bonds is 15. The van der Waals surface area contributed by atoms with Gasteiger partial charge in [-0.2, -0.15) is 13.2 Å². The number of fused-ring (bicyclic) bond motifs is 1. The Morgan fingerprint density at radius 2 is 1.50 bits per heavy atom. The van der Waals surface area contributed by atoms with Crippen LogP contribution >= 0.6 is 0 Å². The number of aromatic nitrogens is 1. The van der Waals surface area contributed by atoms with Gasteiger partial charge in [-0.15, -0.1) is 0 Å². The molecule has 1 aromatic heterocycles. The number of hydrogen-bond acceptors (Lipinski definition) is 3. The summed E-state index contributed by atoms with van der Waals surface area (Å²) >= 11 is 0. The van der Waals surface area contributed by atoms with Gasteiger partial charge in [-0.25, -0.2) is 8.78 Å². The zero-order valence-corrected chi connectivity index (χ0v) is 23.8. The van der Waals surface area contributed by atoms with Gasteiger partial charge in [0.05, 0.1) is 12.8 Å². The lowest BCUT2D eigenvalue weighted by Crippen LogP contribution is -2.19. The van der Waals surface area contributed by atoms with Gasteiger partial charge in [-0.05, 0) is 78.4 Å². The molecule has 0 atom stereocenters. The molecule has 8 heteroatoms. The first-order valence-corrected chi connectivity index (χ1v) is 14.5. The summed E-state index contributed by atoms with van der Waals surface area (Å²) in [5, 5.41) is 1.30. The molecule has 4 rings (SSSR count). The van der Waals surface area contributed by atoms with Crippen LogP contribution in [0.1, 0.15) is 61.4 Å². The molecule has 3 aromatic carbocycles. The summed E-state index contributed by atoms with van der Waals surface area (Å²) in [6.07, 6.45) is 5.34. The first-order chi connectivity index (χ1) is 20.2. The summed E-state index contributed by atoms with van der Waals surface area (Å²) in [4.78, 5) is 4.52. The minimum atomic E-state index is -4.55. The third-order valence-electron chi connectivity index (χ3n) is 7.15. The third-order valence-corrected chi connectivity index (χ3v) is 7.15. The van der Waals surface area contributed by atoms with Crippen LogP contribution in [0.3, 0.4) is 0 Å². The highest BCUT2D eigenvalue weighted by molar-refractivity contribution is 5.84. The van der Waals surface area contributed by atoms with Crippen LogP contribution in [-0.4, -0.2) is 24.4 Å². The molecule has 0 aliphatic carbocycles. The Kier molecular flexibility index (Phi) is 11.2. The van der Waals surface area contributed by atoms with Crippen molar-refractivity contribution in [3.8, 4) is 11.5 Å². The van der Waals surface area contributed by atoms with E-state index < -0.39 is 24.3 Å². The largest absolute Gasteiger partial charge is 0.492 e. The summed E-state index contributed by atoms with van der Waals surface area (Å²) in [6.45, 7) is 1.34. The quantitative estimate of drug-likeness (QED) is 0.103. The predicted octanol–water partition coefficient (Wildman–Crippen LogP) is 9.37. The minimum Gasteiger partial charge on any atom is -0.492 e. The van der Waals surface area contributed by atoms with Gasteiger partial charge < -0.3 is 9.47 Å². The monoisotopic (exact) mass is 585 g/mol. The molecule has 0 spiro atoms. The molecule has 0 N–H and O–H groups in total. The van der Waals surface area contributed by atoms with E-state index in [0.29, 0.717) is 36.0 Å². The van der Waals surface area contributed by atoms with E-state index in [1.165, 1.54) is 37.8 Å². The van der Waals surface area contributed by atoms with Gasteiger partial charge in [-0.3, -0.25) is 4.98 Å². The van der Waals surface area contributed by atoms with Gasteiger partial charge in [0.1, 0.15) is 11.6 Å². The average Bonchev–Trinajstić information content (AvgIpc) is 2.97. The van der Waals surface area contributed by atoms with Crippen LogP contribution < -0.4 is 9.47 Å². The lowest BCUT2D eigenvalue weighted by Gasteiger charge is -2.11. The fourth-order valence-corrected chi connectivity index (χ4v) is 4.80. The Balaban J connectivity index is 1.29. The van der Waals surface area contributed by atoms with Crippen molar-refractivity contribution in [2.24, 2.45) is 0 Å². The number of halogens is 5. The molecule has 0 saturated heterocycles. The third kappa shape index (κ3) is 9.43. The van der Waals surface area contributed by atoms with Crippen LogP contribution in [0.4, 0.5) is 22.0 Å². The van der Waals surface area contributed by atoms with E-state index in [2.05, 4.69) is 16.6 Å². The second kappa shape index (κ2) is 15.0. The highest BCUT2D eigenvalue weighted by Gasteiger charge is 2.29. The maximum Gasteiger partial charge on any atom is 0.422 e. The van der Waals surface area contributed by atoms with E-state index in [1.807, 2.05) is 30.3 Å². The van der Waals surface area contributed by atoms with E-state index in [1.54, 1.807) is 18.3 Å². The van der Waals surface area contributed by atoms with Gasteiger partial charge >= 0.3 is 6.18 Å². The Morgan fingerprint density at radius 3 is 2.24 bits per heavy atom. The van der Waals surface area contributed by atoms with E-state index in [4.69, 9.17) is 4.74 Å². The molecule has 0 saturated carbocycles. The Labute approximate surface area is 243 Å². The van der Waals surface area contributed by atoms with Crippen molar-refractivity contribution in [2.45, 2.75) is 70.9 Å². The van der Waals surface area contributed by atoms with Crippen molar-refractivity contribution >= 4 is 10.8 Å². The predicted molar refractivity (Wildman–Crippen MR) is 155 cm³/mol. The van der Waals surface area contributed by atoms with Crippen molar-refractivity contribution in [3.63, 3.8) is 0 Å². The van der Waals surface area contributed by atoms with Crippen molar-refractivity contribution in [1.29, 1.82) is 0 Å². The molecule has 0 unspecified atom stereocenters. The van der Waals surface area contributed by atoms with Gasteiger partial charge in [0.25, 0.3) is 0 Å². The van der Waals surface area contributed by atoms with Crippen molar-refractivity contribution in [1.82, 2.24) is 4.98 Å². The molecular formula is C34H36F5NO2. The van der Waals surface area contributed by atoms with E-state index in [0.717, 1.165) is 47.7 Å². The van der Waals surface area contributed by atoms with Gasteiger partial charge in [-0.1, -0.05) is 69.0 Å². The van der Waals surface area contributed by atoms with Crippen molar-refractivity contribution in [3.05, 3.63) is 101 Å². The molecule has 224 valence electrons. The second-order valence-corrected chi connectivity index (χ2v) is 10.5. The number of benzene rings is 3. The normalized spacial score (nSPS) is 11.7. The highest BCUT2D eigenvalue weighted by atomic mass is 19.4. The van der Waals surface area contributed by atoms with Gasteiger partial charge in [0, 0.05) is 11.1 Å². The topological polar surface area (TPSA) is 31.4 Å². The molecule has 4 aromatic rings. The number of alkyl halides is 3. The Hall–Kier alpha value is -3.68. The zero-order chi connectivity index (χ0) is 30.0. The maximum absolute atomic E-state index is 15.3. The van der Waals surface area contributed by atoms with Crippen LogP contribution in [0, 0.1) is 11.6 Å². The smallest absolute Gasteiger partial charge is 0.422 e. The fraction of sp³-hybridized carbons (Fsp3) is 0.382. The molecule has 0 bridgehead atoms. The Morgan fingerprint density at radius 1 is 0.738 bits per heavy atom. The summed E-state index contributed by atoms with van der Waals surface area (Å²) < 4.78 is 76.7. The van der Waals surface area contributed by atoms with E-state index in [9.17, 15) is 17.6 Å². The van der Waals surface area contributed by atoms with Crippen LogP contribution in [0.15, 0.2) is 66.9 Å². The van der Waals surface area contributed by atoms with Crippen molar-refractivity contribution in [2.75, 3.05) is 13.2 Å². The average molecular weight is 586 g/mol. The summed E-state index contributed by atoms with van der Waals surface area (Å²) in [5.74, 6) is -0.888. The summed E-state index contributed by atoms with van der Waals surface area (Å²) in [6, 6.07) is 17.0. The summed E-state index contributed by atoms with van der Waals surface area (Å²) in [7, 11) is 0. The van der Waals surface area contributed by atoms with Crippen LogP contribution in [0.5, 0.6) is 11.5 Å². The standard InChI is InChI=1S/C34H36F5NO2/c1-2-3-4-5-6-19-41-29-16-15-28(40-22-29)14-8-24-9-17-30-27(20-24)13-12-26(33(30)36)11-7-25-10-18-32(31(35)21-25)42-23-34(37,38)39/h9-10,12-13,15-18,20-22H,2-8,11,14,19,23H2,1H3. The van der Waals surface area contributed by atoms with E-state index >= 15 is 4.39 Å². The molecule has 0 aliphatic heterocycles. The van der Waals surface area contributed by atoms with E-state index in [-0.39, 0.29) is 5.82 Å². The molecule has 0 amide bonds. The van der Waals surface area contributed by atoms with Crippen molar-refractivity contribution < 1.29 is 31.4 Å². The Bertz CT molecular complexity index is 1440. The zero-order valence-electron chi connectivity index (χ0n) is 23.8. The second-order valence-electron chi connectivity index (χ2n) is 10.5. The lowest BCUT2D eigenvalue weighted by atomic mass is 9.98. The SMILES string of the molecule is CCCCCCCOc1ccc(CCc2ccc3c(F)c(CCc4ccc(OCC(F)(F)F)c(F)c4)ccc3c2)nc1. The number of pyridine rings is 1. The summed E-state index contributed by atoms with van der Waals surface area (Å²) in [5.41, 5.74) is 3.06. The van der Waals surface area contributed by atoms with Crippen LogP contribution in [0.25, 0.3) is 10.8 Å². The lowest BCUT2D eigenvalue weighted by molar-refractivity contribution is -0.153. The molecule has 0 aliphatic rings. The molecule has 0 fully saturated rings. The first kappa shape index (κ1) is 31.3.